The van der Waals surface area contributed by atoms with Gasteiger partial charge in [0.2, 0.25) is 5.91 Å². The molecule has 2 fully saturated rings. The van der Waals surface area contributed by atoms with Crippen molar-refractivity contribution in [3.05, 3.63) is 35.4 Å². The number of carbonyl (C=O) groups excluding carboxylic acids is 1. The maximum atomic E-state index is 12.3. The zero-order valence-electron chi connectivity index (χ0n) is 13.6. The lowest BCUT2D eigenvalue weighted by Crippen LogP contribution is -2.50. The van der Waals surface area contributed by atoms with E-state index in [4.69, 9.17) is 0 Å². The van der Waals surface area contributed by atoms with Gasteiger partial charge in [-0.1, -0.05) is 29.8 Å². The van der Waals surface area contributed by atoms with Crippen LogP contribution >= 0.6 is 0 Å². The van der Waals surface area contributed by atoms with Crippen LogP contribution in [0.25, 0.3) is 0 Å². The normalized spacial score (nSPS) is 20.5. The summed E-state index contributed by atoms with van der Waals surface area (Å²) in [4.78, 5) is 19.1. The molecule has 0 bridgehead atoms. The van der Waals surface area contributed by atoms with Crippen molar-refractivity contribution in [3.63, 3.8) is 0 Å². The zero-order chi connectivity index (χ0) is 15.4. The molecule has 1 amide bonds. The molecule has 3 rings (SSSR count). The zero-order valence-corrected chi connectivity index (χ0v) is 13.6. The summed E-state index contributed by atoms with van der Waals surface area (Å²) in [5, 5.41) is 0. The maximum absolute atomic E-state index is 12.3. The van der Waals surface area contributed by atoms with Gasteiger partial charge in [0.1, 0.15) is 0 Å². The van der Waals surface area contributed by atoms with E-state index in [1.807, 2.05) is 4.90 Å². The van der Waals surface area contributed by atoms with Gasteiger partial charge in [-0.2, -0.15) is 0 Å². The monoisotopic (exact) mass is 301 g/mol. The van der Waals surface area contributed by atoms with E-state index in [1.165, 1.54) is 24.0 Å². The first-order chi connectivity index (χ1) is 10.7. The van der Waals surface area contributed by atoms with Crippen molar-refractivity contribution in [1.82, 2.24) is 14.7 Å². The molecular weight excluding hydrogens is 274 g/mol. The first-order valence-corrected chi connectivity index (χ1v) is 8.49. The summed E-state index contributed by atoms with van der Waals surface area (Å²) in [6.45, 7) is 9.67. The average Bonchev–Trinajstić information content (AvgIpc) is 3.01. The van der Waals surface area contributed by atoms with E-state index in [-0.39, 0.29) is 0 Å². The van der Waals surface area contributed by atoms with Crippen molar-refractivity contribution < 1.29 is 4.79 Å². The van der Waals surface area contributed by atoms with Crippen LogP contribution < -0.4 is 0 Å². The number of amides is 1. The largest absolute Gasteiger partial charge is 0.339 e. The van der Waals surface area contributed by atoms with Crippen LogP contribution in [0.5, 0.6) is 0 Å². The number of piperazine rings is 1. The van der Waals surface area contributed by atoms with Gasteiger partial charge in [-0.15, -0.1) is 0 Å². The quantitative estimate of drug-likeness (QED) is 0.847. The number of likely N-dealkylation sites (tertiary alicyclic amines) is 1. The summed E-state index contributed by atoms with van der Waals surface area (Å²) in [7, 11) is 0. The smallest absolute Gasteiger partial charge is 0.236 e. The molecule has 0 unspecified atom stereocenters. The Bertz CT molecular complexity index is 503. The molecule has 2 heterocycles. The van der Waals surface area contributed by atoms with E-state index in [2.05, 4.69) is 41.0 Å². The molecule has 1 aromatic carbocycles. The SMILES string of the molecule is Cc1cccc(CN2CCN(C(=O)CN3CCCC3)CC2)c1. The van der Waals surface area contributed by atoms with E-state index in [9.17, 15) is 4.79 Å². The number of carbonyl (C=O) groups is 1. The second-order valence-electron chi connectivity index (χ2n) is 6.63. The molecule has 120 valence electrons. The Morgan fingerprint density at radius 3 is 2.41 bits per heavy atom. The number of nitrogens with zero attached hydrogens (tertiary/aromatic N) is 3. The third-order valence-electron chi connectivity index (χ3n) is 4.77. The van der Waals surface area contributed by atoms with E-state index in [0.717, 1.165) is 45.8 Å². The maximum Gasteiger partial charge on any atom is 0.236 e. The number of hydrogen-bond acceptors (Lipinski definition) is 3. The molecule has 4 nitrogen and oxygen atoms in total. The van der Waals surface area contributed by atoms with Gasteiger partial charge in [-0.05, 0) is 38.4 Å². The van der Waals surface area contributed by atoms with Gasteiger partial charge in [-0.3, -0.25) is 14.6 Å². The van der Waals surface area contributed by atoms with Crippen LogP contribution in [0.15, 0.2) is 24.3 Å². The van der Waals surface area contributed by atoms with Crippen molar-refractivity contribution in [1.29, 1.82) is 0 Å². The molecule has 4 heteroatoms. The lowest BCUT2D eigenvalue weighted by atomic mass is 10.1. The third kappa shape index (κ3) is 4.08. The van der Waals surface area contributed by atoms with Crippen molar-refractivity contribution in [2.24, 2.45) is 0 Å². The number of hydrogen-bond donors (Lipinski definition) is 0. The minimum Gasteiger partial charge on any atom is -0.339 e. The van der Waals surface area contributed by atoms with Gasteiger partial charge in [0.25, 0.3) is 0 Å². The van der Waals surface area contributed by atoms with Gasteiger partial charge in [0, 0.05) is 32.7 Å². The first kappa shape index (κ1) is 15.5. The minimum atomic E-state index is 0.317. The van der Waals surface area contributed by atoms with E-state index >= 15 is 0 Å². The van der Waals surface area contributed by atoms with Crippen molar-refractivity contribution >= 4 is 5.91 Å². The van der Waals surface area contributed by atoms with Crippen LogP contribution in [0.3, 0.4) is 0 Å². The highest BCUT2D eigenvalue weighted by atomic mass is 16.2. The molecule has 0 aliphatic carbocycles. The van der Waals surface area contributed by atoms with Gasteiger partial charge in [0.05, 0.1) is 6.54 Å². The molecule has 0 aromatic heterocycles. The Hall–Kier alpha value is -1.39. The second kappa shape index (κ2) is 7.25. The van der Waals surface area contributed by atoms with Crippen molar-refractivity contribution in [3.8, 4) is 0 Å². The molecular formula is C18H27N3O. The fraction of sp³-hybridized carbons (Fsp3) is 0.611. The Balaban J connectivity index is 1.44. The molecule has 22 heavy (non-hydrogen) atoms. The highest BCUT2D eigenvalue weighted by molar-refractivity contribution is 5.78. The molecule has 0 N–H and O–H groups in total. The van der Waals surface area contributed by atoms with Gasteiger partial charge in [-0.25, -0.2) is 0 Å². The molecule has 0 radical (unpaired) electrons. The van der Waals surface area contributed by atoms with Gasteiger partial charge < -0.3 is 4.90 Å². The molecule has 0 saturated carbocycles. The minimum absolute atomic E-state index is 0.317. The van der Waals surface area contributed by atoms with Crippen LogP contribution in [-0.4, -0.2) is 66.4 Å². The summed E-state index contributed by atoms with van der Waals surface area (Å²) in [5.74, 6) is 0.317. The fourth-order valence-corrected chi connectivity index (χ4v) is 3.46. The number of benzene rings is 1. The Morgan fingerprint density at radius 1 is 1.00 bits per heavy atom. The summed E-state index contributed by atoms with van der Waals surface area (Å²) in [5.41, 5.74) is 2.69. The number of aryl methyl sites for hydroxylation is 1. The van der Waals surface area contributed by atoms with Crippen LogP contribution in [0.4, 0.5) is 0 Å². The lowest BCUT2D eigenvalue weighted by molar-refractivity contribution is -0.134. The predicted octanol–water partition coefficient (Wildman–Crippen LogP) is 1.74. The lowest BCUT2D eigenvalue weighted by Gasteiger charge is -2.35. The molecule has 0 spiro atoms. The summed E-state index contributed by atoms with van der Waals surface area (Å²) < 4.78 is 0. The Morgan fingerprint density at radius 2 is 1.73 bits per heavy atom. The second-order valence-corrected chi connectivity index (χ2v) is 6.63. The summed E-state index contributed by atoms with van der Waals surface area (Å²) in [6.07, 6.45) is 2.50. The van der Waals surface area contributed by atoms with Crippen LogP contribution in [0.2, 0.25) is 0 Å². The fourth-order valence-electron chi connectivity index (χ4n) is 3.46. The molecule has 0 atom stereocenters. The van der Waals surface area contributed by atoms with Crippen molar-refractivity contribution in [2.75, 3.05) is 45.8 Å². The predicted molar refractivity (Wildman–Crippen MR) is 88.7 cm³/mol. The van der Waals surface area contributed by atoms with Gasteiger partial charge in [0.15, 0.2) is 0 Å². The summed E-state index contributed by atoms with van der Waals surface area (Å²) in [6, 6.07) is 8.71. The Labute approximate surface area is 133 Å². The van der Waals surface area contributed by atoms with Crippen LogP contribution in [-0.2, 0) is 11.3 Å². The van der Waals surface area contributed by atoms with Crippen LogP contribution in [0.1, 0.15) is 24.0 Å². The standard InChI is InChI=1S/C18H27N3O/c1-16-5-4-6-17(13-16)14-20-9-11-21(12-10-20)18(22)15-19-7-2-3-8-19/h4-6,13H,2-3,7-12,14-15H2,1H3. The van der Waals surface area contributed by atoms with E-state index < -0.39 is 0 Å². The highest BCUT2D eigenvalue weighted by Crippen LogP contribution is 2.12. The van der Waals surface area contributed by atoms with Gasteiger partial charge >= 0.3 is 0 Å². The first-order valence-electron chi connectivity index (χ1n) is 8.49. The van der Waals surface area contributed by atoms with E-state index in [1.54, 1.807) is 0 Å². The average molecular weight is 301 g/mol. The van der Waals surface area contributed by atoms with E-state index in [0.29, 0.717) is 12.5 Å². The third-order valence-corrected chi connectivity index (χ3v) is 4.77. The van der Waals surface area contributed by atoms with Crippen LogP contribution in [0, 0.1) is 6.92 Å². The Kier molecular flexibility index (Phi) is 5.11. The molecule has 2 aliphatic heterocycles. The summed E-state index contributed by atoms with van der Waals surface area (Å²) >= 11 is 0. The molecule has 1 aromatic rings. The number of rotatable bonds is 4. The van der Waals surface area contributed by atoms with Crippen molar-refractivity contribution in [2.45, 2.75) is 26.3 Å². The molecule has 2 saturated heterocycles. The molecule has 2 aliphatic rings. The topological polar surface area (TPSA) is 26.8 Å². The highest BCUT2D eigenvalue weighted by Gasteiger charge is 2.23.